The third kappa shape index (κ3) is 2.84. The van der Waals surface area contributed by atoms with Crippen LogP contribution in [-0.4, -0.2) is 11.0 Å². The van der Waals surface area contributed by atoms with Crippen LogP contribution in [0.1, 0.15) is 19.8 Å². The Bertz CT molecular complexity index is 461. The average molecular weight is 235 g/mol. The first-order valence-corrected chi connectivity index (χ1v) is 5.54. The largest absolute Gasteiger partial charge is 0.508 e. The van der Waals surface area contributed by atoms with E-state index < -0.39 is 11.7 Å². The summed E-state index contributed by atoms with van der Waals surface area (Å²) >= 11 is 0. The molecule has 1 aliphatic rings. The number of nitrogens with one attached hydrogen (secondary N) is 1. The van der Waals surface area contributed by atoms with E-state index in [1.807, 2.05) is 0 Å². The highest BCUT2D eigenvalue weighted by molar-refractivity contribution is 6.02. The Morgan fingerprint density at radius 3 is 2.47 bits per heavy atom. The van der Waals surface area contributed by atoms with Crippen LogP contribution in [0.3, 0.4) is 0 Å². The van der Waals surface area contributed by atoms with Crippen molar-refractivity contribution in [3.8, 4) is 5.75 Å². The van der Waals surface area contributed by atoms with Gasteiger partial charge in [-0.3, -0.25) is 4.79 Å². The first kappa shape index (κ1) is 11.6. The molecule has 1 fully saturated rings. The highest BCUT2D eigenvalue weighted by Crippen LogP contribution is 2.38. The van der Waals surface area contributed by atoms with Gasteiger partial charge in [-0.2, -0.15) is 0 Å². The SMILES string of the molecule is C/C(=C(/F)C(=O)Nc1ccc(O)cc1)C1CC1. The number of carbonyl (C=O) groups is 1. The molecule has 17 heavy (non-hydrogen) atoms. The minimum atomic E-state index is -0.722. The van der Waals surface area contributed by atoms with Crippen molar-refractivity contribution in [2.24, 2.45) is 5.92 Å². The molecule has 0 bridgehead atoms. The van der Waals surface area contributed by atoms with Crippen molar-refractivity contribution in [2.75, 3.05) is 5.32 Å². The maximum absolute atomic E-state index is 13.7. The fourth-order valence-electron chi connectivity index (χ4n) is 1.61. The van der Waals surface area contributed by atoms with Gasteiger partial charge < -0.3 is 10.4 Å². The number of carbonyl (C=O) groups excluding carboxylic acids is 1. The predicted molar refractivity (Wildman–Crippen MR) is 63.3 cm³/mol. The number of phenolic OH excluding ortho intramolecular Hbond substituents is 1. The zero-order valence-corrected chi connectivity index (χ0v) is 9.53. The zero-order chi connectivity index (χ0) is 12.4. The number of phenols is 1. The molecule has 4 heteroatoms. The van der Waals surface area contributed by atoms with E-state index in [2.05, 4.69) is 5.32 Å². The van der Waals surface area contributed by atoms with E-state index in [-0.39, 0.29) is 11.7 Å². The van der Waals surface area contributed by atoms with Crippen molar-refractivity contribution in [1.29, 1.82) is 0 Å². The van der Waals surface area contributed by atoms with Crippen LogP contribution >= 0.6 is 0 Å². The average Bonchev–Trinajstić information content (AvgIpc) is 3.14. The fraction of sp³-hybridized carbons (Fsp3) is 0.308. The lowest BCUT2D eigenvalue weighted by Crippen LogP contribution is -2.13. The fourth-order valence-corrected chi connectivity index (χ4v) is 1.61. The summed E-state index contributed by atoms with van der Waals surface area (Å²) in [5.41, 5.74) is 0.993. The number of aromatic hydroxyl groups is 1. The summed E-state index contributed by atoms with van der Waals surface area (Å²) in [7, 11) is 0. The molecule has 90 valence electrons. The smallest absolute Gasteiger partial charge is 0.284 e. The van der Waals surface area contributed by atoms with E-state index in [0.717, 1.165) is 12.8 Å². The van der Waals surface area contributed by atoms with Gasteiger partial charge in [0.25, 0.3) is 5.91 Å². The molecule has 1 aromatic rings. The molecule has 0 atom stereocenters. The number of hydrogen-bond acceptors (Lipinski definition) is 2. The summed E-state index contributed by atoms with van der Waals surface area (Å²) in [6.07, 6.45) is 1.93. The summed E-state index contributed by atoms with van der Waals surface area (Å²) in [5, 5.41) is 11.5. The van der Waals surface area contributed by atoms with Gasteiger partial charge in [0.05, 0.1) is 0 Å². The van der Waals surface area contributed by atoms with Crippen LogP contribution in [0.15, 0.2) is 35.7 Å². The minimum absolute atomic E-state index is 0.105. The standard InChI is InChI=1S/C13H14FNO2/c1-8(9-2-3-9)12(14)13(17)15-10-4-6-11(16)7-5-10/h4-7,9,16H,2-3H2,1H3,(H,15,17)/b12-8-. The number of anilines is 1. The van der Waals surface area contributed by atoms with E-state index in [9.17, 15) is 9.18 Å². The van der Waals surface area contributed by atoms with Crippen LogP contribution in [0.4, 0.5) is 10.1 Å². The molecule has 0 spiro atoms. The molecule has 0 radical (unpaired) electrons. The van der Waals surface area contributed by atoms with Crippen molar-refractivity contribution in [2.45, 2.75) is 19.8 Å². The zero-order valence-electron chi connectivity index (χ0n) is 9.53. The van der Waals surface area contributed by atoms with Crippen LogP contribution < -0.4 is 5.32 Å². The number of benzene rings is 1. The monoisotopic (exact) mass is 235 g/mol. The molecule has 2 rings (SSSR count). The van der Waals surface area contributed by atoms with Crippen LogP contribution in [0.25, 0.3) is 0 Å². The van der Waals surface area contributed by atoms with Crippen molar-refractivity contribution in [3.63, 3.8) is 0 Å². The Morgan fingerprint density at radius 1 is 1.35 bits per heavy atom. The van der Waals surface area contributed by atoms with Gasteiger partial charge in [0.1, 0.15) is 5.75 Å². The Labute approximate surface area is 99.0 Å². The molecule has 1 saturated carbocycles. The van der Waals surface area contributed by atoms with E-state index in [4.69, 9.17) is 5.11 Å². The van der Waals surface area contributed by atoms with E-state index in [0.29, 0.717) is 11.3 Å². The molecule has 1 amide bonds. The van der Waals surface area contributed by atoms with Gasteiger partial charge in [-0.25, -0.2) is 4.39 Å². The van der Waals surface area contributed by atoms with Gasteiger partial charge in [0.15, 0.2) is 5.83 Å². The maximum Gasteiger partial charge on any atom is 0.284 e. The molecule has 1 aliphatic carbocycles. The summed E-state index contributed by atoms with van der Waals surface area (Å²) in [5.74, 6) is -1.07. The molecule has 0 aliphatic heterocycles. The van der Waals surface area contributed by atoms with Crippen LogP contribution in [0, 0.1) is 5.92 Å². The maximum atomic E-state index is 13.7. The van der Waals surface area contributed by atoms with E-state index >= 15 is 0 Å². The van der Waals surface area contributed by atoms with Crippen molar-refractivity contribution < 1.29 is 14.3 Å². The molecular formula is C13H14FNO2. The molecule has 1 aromatic carbocycles. The van der Waals surface area contributed by atoms with Gasteiger partial charge in [-0.15, -0.1) is 0 Å². The highest BCUT2D eigenvalue weighted by atomic mass is 19.1. The lowest BCUT2D eigenvalue weighted by Gasteiger charge is -2.05. The lowest BCUT2D eigenvalue weighted by atomic mass is 10.1. The Morgan fingerprint density at radius 2 is 1.94 bits per heavy atom. The number of rotatable bonds is 3. The lowest BCUT2D eigenvalue weighted by molar-refractivity contribution is -0.114. The second-order valence-electron chi connectivity index (χ2n) is 4.27. The van der Waals surface area contributed by atoms with E-state index in [1.165, 1.54) is 24.3 Å². The number of hydrogen-bond donors (Lipinski definition) is 2. The van der Waals surface area contributed by atoms with Crippen LogP contribution in [0.2, 0.25) is 0 Å². The van der Waals surface area contributed by atoms with Gasteiger partial charge in [0.2, 0.25) is 0 Å². The minimum Gasteiger partial charge on any atom is -0.508 e. The van der Waals surface area contributed by atoms with Gasteiger partial charge in [-0.05, 0) is 55.5 Å². The van der Waals surface area contributed by atoms with E-state index in [1.54, 1.807) is 6.92 Å². The Kier molecular flexibility index (Phi) is 3.13. The predicted octanol–water partition coefficient (Wildman–Crippen LogP) is 2.98. The third-order valence-corrected chi connectivity index (χ3v) is 2.86. The van der Waals surface area contributed by atoms with Crippen LogP contribution in [-0.2, 0) is 4.79 Å². The summed E-state index contributed by atoms with van der Waals surface area (Å²) in [6.45, 7) is 1.66. The summed E-state index contributed by atoms with van der Waals surface area (Å²) in [4.78, 5) is 11.6. The van der Waals surface area contributed by atoms with Crippen molar-refractivity contribution in [3.05, 3.63) is 35.7 Å². The molecule has 0 aromatic heterocycles. The second kappa shape index (κ2) is 4.57. The summed E-state index contributed by atoms with van der Waals surface area (Å²) in [6, 6.07) is 5.91. The van der Waals surface area contributed by atoms with Crippen LogP contribution in [0.5, 0.6) is 5.75 Å². The number of amides is 1. The van der Waals surface area contributed by atoms with Gasteiger partial charge in [-0.1, -0.05) is 0 Å². The quantitative estimate of drug-likeness (QED) is 0.625. The number of halogens is 1. The molecule has 0 saturated heterocycles. The number of allylic oxidation sites excluding steroid dienone is 1. The third-order valence-electron chi connectivity index (χ3n) is 2.86. The molecule has 0 heterocycles. The Hall–Kier alpha value is -1.84. The molecule has 3 nitrogen and oxygen atoms in total. The first-order chi connectivity index (χ1) is 8.08. The first-order valence-electron chi connectivity index (χ1n) is 5.54. The molecule has 2 N–H and O–H groups in total. The molecule has 0 unspecified atom stereocenters. The summed E-state index contributed by atoms with van der Waals surface area (Å²) < 4.78 is 13.7. The van der Waals surface area contributed by atoms with Crippen molar-refractivity contribution in [1.82, 2.24) is 0 Å². The Balaban J connectivity index is 2.06. The van der Waals surface area contributed by atoms with Crippen molar-refractivity contribution >= 4 is 11.6 Å². The second-order valence-corrected chi connectivity index (χ2v) is 4.27. The van der Waals surface area contributed by atoms with Gasteiger partial charge >= 0.3 is 0 Å². The van der Waals surface area contributed by atoms with Gasteiger partial charge in [0, 0.05) is 5.69 Å². The highest BCUT2D eigenvalue weighted by Gasteiger charge is 2.28. The topological polar surface area (TPSA) is 49.3 Å². The normalized spacial score (nSPS) is 16.4. The molecular weight excluding hydrogens is 221 g/mol.